The van der Waals surface area contributed by atoms with E-state index in [1.807, 2.05) is 51.1 Å². The van der Waals surface area contributed by atoms with Crippen LogP contribution in [0.1, 0.15) is 60.7 Å². The number of fused-ring (bicyclic) bond motifs is 2. The molecule has 0 spiro atoms. The fourth-order valence-electron chi connectivity index (χ4n) is 6.14. The van der Waals surface area contributed by atoms with Crippen molar-refractivity contribution in [1.82, 2.24) is 34.9 Å². The van der Waals surface area contributed by atoms with Crippen molar-refractivity contribution < 1.29 is 14.4 Å². The zero-order chi connectivity index (χ0) is 30.5. The van der Waals surface area contributed by atoms with Gasteiger partial charge in [-0.3, -0.25) is 19.1 Å². The minimum Gasteiger partial charge on any atom is -0.351 e. The fraction of sp³-hybridized carbons (Fsp3) is 0.406. The van der Waals surface area contributed by atoms with Crippen LogP contribution in [0.5, 0.6) is 0 Å². The number of halogens is 1. The maximum Gasteiger partial charge on any atom is 0.272 e. The van der Waals surface area contributed by atoms with E-state index in [9.17, 15) is 14.4 Å². The van der Waals surface area contributed by atoms with Crippen molar-refractivity contribution in [3.8, 4) is 11.1 Å². The topological polar surface area (TPSA) is 123 Å². The van der Waals surface area contributed by atoms with Crippen LogP contribution in [0.25, 0.3) is 22.0 Å². The molecule has 1 saturated heterocycles. The molecule has 0 unspecified atom stereocenters. The second-order valence-corrected chi connectivity index (χ2v) is 12.8. The van der Waals surface area contributed by atoms with E-state index in [1.54, 1.807) is 22.0 Å². The average molecular weight is 645 g/mol. The van der Waals surface area contributed by atoms with Crippen molar-refractivity contribution in [2.24, 2.45) is 5.41 Å². The smallest absolute Gasteiger partial charge is 0.272 e. The van der Waals surface area contributed by atoms with Crippen molar-refractivity contribution in [2.75, 3.05) is 6.54 Å². The number of Topliss-reactive ketones (excluding diaryl/α,β-unsaturated/α-hetero) is 1. The summed E-state index contributed by atoms with van der Waals surface area (Å²) in [5.74, 6) is 0.190. The number of amides is 2. The fourth-order valence-corrected chi connectivity index (χ4v) is 6.48. The van der Waals surface area contributed by atoms with Gasteiger partial charge in [-0.05, 0) is 83.8 Å². The molecule has 2 aliphatic rings. The summed E-state index contributed by atoms with van der Waals surface area (Å²) in [6.45, 7) is 8.33. The van der Waals surface area contributed by atoms with Gasteiger partial charge in [0.25, 0.3) is 5.91 Å². The summed E-state index contributed by atoms with van der Waals surface area (Å²) >= 11 is 3.40. The largest absolute Gasteiger partial charge is 0.351 e. The number of carbonyl (C=O) groups excluding carboxylic acids is 3. The quantitative estimate of drug-likeness (QED) is 0.264. The molecule has 1 N–H and O–H groups in total. The first kappa shape index (κ1) is 29.1. The molecule has 1 saturated carbocycles. The van der Waals surface area contributed by atoms with Crippen LogP contribution in [0.3, 0.4) is 0 Å². The second-order valence-electron chi connectivity index (χ2n) is 11.9. The van der Waals surface area contributed by atoms with Gasteiger partial charge < -0.3 is 10.2 Å². The van der Waals surface area contributed by atoms with E-state index in [1.165, 1.54) is 0 Å². The van der Waals surface area contributed by atoms with Gasteiger partial charge in [0.1, 0.15) is 17.0 Å². The molecule has 3 aromatic heterocycles. The molecule has 1 aliphatic carbocycles. The lowest BCUT2D eigenvalue weighted by Gasteiger charge is -2.27. The number of pyridine rings is 1. The Morgan fingerprint density at radius 2 is 1.84 bits per heavy atom. The predicted molar refractivity (Wildman–Crippen MR) is 165 cm³/mol. The highest BCUT2D eigenvalue weighted by molar-refractivity contribution is 9.10. The van der Waals surface area contributed by atoms with Crippen molar-refractivity contribution in [1.29, 1.82) is 0 Å². The minimum atomic E-state index is -0.515. The number of ketones is 1. The first-order valence-corrected chi connectivity index (χ1v) is 15.4. The molecule has 4 heterocycles. The number of rotatable bonds is 9. The SMILES string of the molecule is CCCNC(=O)c1nn(CC(=O)N2[C@H](C(=O)Cc3nc(Br)ccc3C)C[C@@]3(C)C[C@@H]23)c2ccc(-c3cnc(C)nc3)cc12. The minimum absolute atomic E-state index is 0.00890. The van der Waals surface area contributed by atoms with Gasteiger partial charge in [-0.2, -0.15) is 5.10 Å². The van der Waals surface area contributed by atoms with Gasteiger partial charge in [0.15, 0.2) is 11.5 Å². The van der Waals surface area contributed by atoms with E-state index in [2.05, 4.69) is 48.2 Å². The highest BCUT2D eigenvalue weighted by Crippen LogP contribution is 2.59. The summed E-state index contributed by atoms with van der Waals surface area (Å²) < 4.78 is 2.27. The highest BCUT2D eigenvalue weighted by atomic mass is 79.9. The van der Waals surface area contributed by atoms with Crippen LogP contribution in [0, 0.1) is 19.3 Å². The number of carbonyl (C=O) groups is 3. The molecule has 43 heavy (non-hydrogen) atoms. The van der Waals surface area contributed by atoms with Gasteiger partial charge in [-0.25, -0.2) is 15.0 Å². The van der Waals surface area contributed by atoms with Crippen LogP contribution in [-0.2, 0) is 22.6 Å². The number of piperidine rings is 1. The second kappa shape index (κ2) is 11.3. The first-order chi connectivity index (χ1) is 20.6. The summed E-state index contributed by atoms with van der Waals surface area (Å²) in [4.78, 5) is 55.6. The van der Waals surface area contributed by atoms with Crippen LogP contribution >= 0.6 is 15.9 Å². The zero-order valence-corrected chi connectivity index (χ0v) is 26.3. The lowest BCUT2D eigenvalue weighted by molar-refractivity contribution is -0.139. The predicted octanol–water partition coefficient (Wildman–Crippen LogP) is 4.60. The van der Waals surface area contributed by atoms with E-state index in [-0.39, 0.29) is 47.7 Å². The molecule has 3 atom stereocenters. The number of nitrogens with zero attached hydrogens (tertiary/aromatic N) is 6. The third kappa shape index (κ3) is 5.58. The maximum absolute atomic E-state index is 14.0. The third-order valence-corrected chi connectivity index (χ3v) is 9.15. The third-order valence-electron chi connectivity index (χ3n) is 8.70. The summed E-state index contributed by atoms with van der Waals surface area (Å²) in [5, 5.41) is 8.20. The lowest BCUT2D eigenvalue weighted by Crippen LogP contribution is -2.45. The molecule has 0 radical (unpaired) electrons. The Labute approximate surface area is 258 Å². The average Bonchev–Trinajstić information content (AvgIpc) is 3.35. The van der Waals surface area contributed by atoms with E-state index in [4.69, 9.17) is 0 Å². The monoisotopic (exact) mass is 643 g/mol. The molecule has 11 heteroatoms. The number of benzene rings is 1. The molecule has 4 aromatic rings. The van der Waals surface area contributed by atoms with Gasteiger partial charge in [0.2, 0.25) is 5.91 Å². The molecule has 1 aliphatic heterocycles. The van der Waals surface area contributed by atoms with Crippen molar-refractivity contribution in [2.45, 2.75) is 72.0 Å². The van der Waals surface area contributed by atoms with Gasteiger partial charge in [0, 0.05) is 35.9 Å². The number of nitrogens with one attached hydrogen (secondary N) is 1. The summed E-state index contributed by atoms with van der Waals surface area (Å²) in [6, 6.07) is 8.98. The summed E-state index contributed by atoms with van der Waals surface area (Å²) in [7, 11) is 0. The normalized spacial score (nSPS) is 20.7. The molecular formula is C32H34BrN7O3. The molecule has 2 amide bonds. The van der Waals surface area contributed by atoms with E-state index < -0.39 is 6.04 Å². The summed E-state index contributed by atoms with van der Waals surface area (Å²) in [6.07, 6.45) is 5.97. The zero-order valence-electron chi connectivity index (χ0n) is 24.7. The van der Waals surface area contributed by atoms with Gasteiger partial charge in [-0.15, -0.1) is 0 Å². The Balaban J connectivity index is 1.30. The van der Waals surface area contributed by atoms with Gasteiger partial charge in [-0.1, -0.05) is 26.0 Å². The van der Waals surface area contributed by atoms with Crippen LogP contribution in [0.15, 0.2) is 47.3 Å². The lowest BCUT2D eigenvalue weighted by atomic mass is 9.96. The van der Waals surface area contributed by atoms with Gasteiger partial charge in [0.05, 0.1) is 23.7 Å². The van der Waals surface area contributed by atoms with Crippen LogP contribution in [-0.4, -0.2) is 65.9 Å². The molecule has 2 fully saturated rings. The first-order valence-electron chi connectivity index (χ1n) is 14.6. The van der Waals surface area contributed by atoms with Crippen LogP contribution in [0.2, 0.25) is 0 Å². The van der Waals surface area contributed by atoms with E-state index >= 15 is 0 Å². The Morgan fingerprint density at radius 3 is 2.58 bits per heavy atom. The Kier molecular flexibility index (Phi) is 7.62. The van der Waals surface area contributed by atoms with E-state index in [0.29, 0.717) is 40.0 Å². The van der Waals surface area contributed by atoms with Crippen molar-refractivity contribution in [3.05, 3.63) is 70.1 Å². The summed E-state index contributed by atoms with van der Waals surface area (Å²) in [5.41, 5.74) is 4.19. The number of likely N-dealkylation sites (tertiary alicyclic amines) is 1. The molecule has 1 aromatic carbocycles. The number of hydrogen-bond acceptors (Lipinski definition) is 7. The number of hydrogen-bond donors (Lipinski definition) is 1. The molecule has 10 nitrogen and oxygen atoms in total. The Bertz CT molecular complexity index is 1750. The standard InChI is InChI=1S/C32H34BrN7O3/c1-5-10-34-31(43)30-22-11-20(21-15-35-19(3)36-16-21)7-8-24(22)39(38-30)17-29(42)40-25(13-32(4)14-27(32)40)26(41)12-23-18(2)6-9-28(33)37-23/h6-9,11,15-16,25,27H,5,10,12-14,17H2,1-4H3,(H,34,43)/t25-,27+,32-/m0/s1. The van der Waals surface area contributed by atoms with Crippen molar-refractivity contribution >= 4 is 44.4 Å². The number of aromatic nitrogens is 5. The maximum atomic E-state index is 14.0. The molecular weight excluding hydrogens is 610 g/mol. The van der Waals surface area contributed by atoms with E-state index in [0.717, 1.165) is 29.5 Å². The Morgan fingerprint density at radius 1 is 1.07 bits per heavy atom. The highest BCUT2D eigenvalue weighted by Gasteiger charge is 2.64. The van der Waals surface area contributed by atoms with Gasteiger partial charge >= 0.3 is 0 Å². The molecule has 6 rings (SSSR count). The Hall–Kier alpha value is -3.99. The van der Waals surface area contributed by atoms with Crippen molar-refractivity contribution in [3.63, 3.8) is 0 Å². The molecule has 222 valence electrons. The number of aryl methyl sites for hydroxylation is 2. The van der Waals surface area contributed by atoms with Crippen LogP contribution < -0.4 is 5.32 Å². The molecule has 0 bridgehead atoms. The van der Waals surface area contributed by atoms with Crippen LogP contribution in [0.4, 0.5) is 0 Å².